The second-order valence-electron chi connectivity index (χ2n) is 4.97. The van der Waals surface area contributed by atoms with E-state index in [1.165, 1.54) is 0 Å². The SMILES string of the molecule is CC(C)n1ccc(CC(NN)c2ccc(Cl)cc2Cl)n1. The number of hydrazine groups is 1. The first-order chi connectivity index (χ1) is 9.51. The Kier molecular flexibility index (Phi) is 5.05. The number of halogens is 2. The van der Waals surface area contributed by atoms with Crippen molar-refractivity contribution in [2.45, 2.75) is 32.4 Å². The first-order valence-corrected chi connectivity index (χ1v) is 7.22. The molecule has 0 saturated heterocycles. The molecule has 6 heteroatoms. The van der Waals surface area contributed by atoms with E-state index in [-0.39, 0.29) is 6.04 Å². The molecule has 0 aliphatic heterocycles. The molecule has 1 heterocycles. The summed E-state index contributed by atoms with van der Waals surface area (Å²) in [5.74, 6) is 5.65. The Bertz CT molecular complexity index is 580. The average molecular weight is 313 g/mol. The van der Waals surface area contributed by atoms with E-state index in [0.29, 0.717) is 22.5 Å². The number of hydrogen-bond acceptors (Lipinski definition) is 3. The molecular weight excluding hydrogens is 295 g/mol. The minimum atomic E-state index is -0.102. The summed E-state index contributed by atoms with van der Waals surface area (Å²) in [4.78, 5) is 0. The molecule has 0 bridgehead atoms. The Morgan fingerprint density at radius 1 is 1.30 bits per heavy atom. The maximum atomic E-state index is 6.22. The number of hydrogen-bond donors (Lipinski definition) is 2. The Balaban J connectivity index is 2.19. The van der Waals surface area contributed by atoms with Crippen molar-refractivity contribution in [3.8, 4) is 0 Å². The van der Waals surface area contributed by atoms with Crippen LogP contribution in [0.2, 0.25) is 10.0 Å². The zero-order valence-corrected chi connectivity index (χ0v) is 13.0. The molecule has 2 aromatic rings. The first kappa shape index (κ1) is 15.3. The maximum Gasteiger partial charge on any atom is 0.0644 e. The summed E-state index contributed by atoms with van der Waals surface area (Å²) in [7, 11) is 0. The lowest BCUT2D eigenvalue weighted by molar-refractivity contribution is 0.507. The Labute approximate surface area is 128 Å². The second-order valence-corrected chi connectivity index (χ2v) is 5.81. The van der Waals surface area contributed by atoms with Crippen molar-refractivity contribution in [3.05, 3.63) is 51.8 Å². The Morgan fingerprint density at radius 2 is 2.05 bits per heavy atom. The van der Waals surface area contributed by atoms with Crippen LogP contribution in [0.4, 0.5) is 0 Å². The van der Waals surface area contributed by atoms with E-state index >= 15 is 0 Å². The quantitative estimate of drug-likeness (QED) is 0.656. The molecule has 3 N–H and O–H groups in total. The van der Waals surface area contributed by atoms with E-state index < -0.39 is 0 Å². The number of aromatic nitrogens is 2. The van der Waals surface area contributed by atoms with Gasteiger partial charge in [0.2, 0.25) is 0 Å². The van der Waals surface area contributed by atoms with Crippen LogP contribution in [0.5, 0.6) is 0 Å². The zero-order chi connectivity index (χ0) is 14.7. The number of nitrogens with one attached hydrogen (secondary N) is 1. The van der Waals surface area contributed by atoms with Crippen molar-refractivity contribution < 1.29 is 0 Å². The van der Waals surface area contributed by atoms with Crippen molar-refractivity contribution in [2.75, 3.05) is 0 Å². The molecule has 0 radical (unpaired) electrons. The van der Waals surface area contributed by atoms with Crippen LogP contribution in [0.15, 0.2) is 30.5 Å². The summed E-state index contributed by atoms with van der Waals surface area (Å²) < 4.78 is 1.92. The first-order valence-electron chi connectivity index (χ1n) is 6.46. The summed E-state index contributed by atoms with van der Waals surface area (Å²) in [5.41, 5.74) is 4.67. The van der Waals surface area contributed by atoms with E-state index in [4.69, 9.17) is 29.0 Å². The molecule has 1 unspecified atom stereocenters. The number of nitrogens with zero attached hydrogens (tertiary/aromatic N) is 2. The van der Waals surface area contributed by atoms with Gasteiger partial charge in [0.1, 0.15) is 0 Å². The van der Waals surface area contributed by atoms with Gasteiger partial charge < -0.3 is 0 Å². The minimum Gasteiger partial charge on any atom is -0.271 e. The van der Waals surface area contributed by atoms with E-state index in [1.54, 1.807) is 12.1 Å². The molecule has 0 fully saturated rings. The lowest BCUT2D eigenvalue weighted by atomic mass is 10.0. The van der Waals surface area contributed by atoms with Gasteiger partial charge >= 0.3 is 0 Å². The van der Waals surface area contributed by atoms with E-state index in [9.17, 15) is 0 Å². The van der Waals surface area contributed by atoms with Crippen LogP contribution >= 0.6 is 23.2 Å². The summed E-state index contributed by atoms with van der Waals surface area (Å²) >= 11 is 12.1. The van der Waals surface area contributed by atoms with Crippen molar-refractivity contribution >= 4 is 23.2 Å². The predicted molar refractivity (Wildman–Crippen MR) is 82.8 cm³/mol. The molecule has 108 valence electrons. The zero-order valence-electron chi connectivity index (χ0n) is 11.5. The smallest absolute Gasteiger partial charge is 0.0644 e. The van der Waals surface area contributed by atoms with Gasteiger partial charge in [0, 0.05) is 28.7 Å². The lowest BCUT2D eigenvalue weighted by Gasteiger charge is -2.17. The minimum absolute atomic E-state index is 0.102. The number of benzene rings is 1. The molecule has 2 rings (SSSR count). The monoisotopic (exact) mass is 312 g/mol. The molecule has 1 aromatic heterocycles. The topological polar surface area (TPSA) is 55.9 Å². The Morgan fingerprint density at radius 3 is 2.60 bits per heavy atom. The molecule has 1 atom stereocenters. The summed E-state index contributed by atoms with van der Waals surface area (Å²) in [6.45, 7) is 4.18. The molecule has 0 amide bonds. The highest BCUT2D eigenvalue weighted by Gasteiger charge is 2.16. The van der Waals surface area contributed by atoms with Crippen LogP contribution < -0.4 is 11.3 Å². The molecule has 20 heavy (non-hydrogen) atoms. The third kappa shape index (κ3) is 3.52. The van der Waals surface area contributed by atoms with Gasteiger partial charge in [0.25, 0.3) is 0 Å². The van der Waals surface area contributed by atoms with Crippen molar-refractivity contribution in [1.29, 1.82) is 0 Å². The van der Waals surface area contributed by atoms with E-state index in [2.05, 4.69) is 24.4 Å². The predicted octanol–water partition coefficient (Wildman–Crippen LogP) is 3.52. The van der Waals surface area contributed by atoms with Gasteiger partial charge in [0.15, 0.2) is 0 Å². The largest absolute Gasteiger partial charge is 0.271 e. The molecule has 4 nitrogen and oxygen atoms in total. The van der Waals surface area contributed by atoms with Gasteiger partial charge in [-0.3, -0.25) is 16.0 Å². The summed E-state index contributed by atoms with van der Waals surface area (Å²) in [6, 6.07) is 7.64. The highest BCUT2D eigenvalue weighted by molar-refractivity contribution is 6.35. The molecule has 0 aliphatic carbocycles. The van der Waals surface area contributed by atoms with Gasteiger partial charge in [-0.05, 0) is 37.6 Å². The van der Waals surface area contributed by atoms with Gasteiger partial charge in [-0.25, -0.2) is 0 Å². The molecule has 0 saturated carbocycles. The molecular formula is C14H18Cl2N4. The molecule has 0 aliphatic rings. The number of rotatable bonds is 5. The van der Waals surface area contributed by atoms with Crippen LogP contribution in [-0.2, 0) is 6.42 Å². The van der Waals surface area contributed by atoms with Gasteiger partial charge in [0.05, 0.1) is 11.7 Å². The van der Waals surface area contributed by atoms with E-state index in [1.807, 2.05) is 23.0 Å². The van der Waals surface area contributed by atoms with Crippen molar-refractivity contribution in [1.82, 2.24) is 15.2 Å². The van der Waals surface area contributed by atoms with Crippen molar-refractivity contribution in [2.24, 2.45) is 5.84 Å². The fourth-order valence-electron chi connectivity index (χ4n) is 2.03. The summed E-state index contributed by atoms with van der Waals surface area (Å²) in [5, 5.41) is 5.73. The molecule has 1 aromatic carbocycles. The lowest BCUT2D eigenvalue weighted by Crippen LogP contribution is -2.30. The van der Waals surface area contributed by atoms with Gasteiger partial charge in [-0.2, -0.15) is 5.10 Å². The van der Waals surface area contributed by atoms with Gasteiger partial charge in [-0.1, -0.05) is 29.3 Å². The highest BCUT2D eigenvalue weighted by atomic mass is 35.5. The van der Waals surface area contributed by atoms with Crippen LogP contribution in [0, 0.1) is 0 Å². The van der Waals surface area contributed by atoms with Crippen LogP contribution in [0.3, 0.4) is 0 Å². The Hall–Kier alpha value is -1.07. The highest BCUT2D eigenvalue weighted by Crippen LogP contribution is 2.27. The molecule has 0 spiro atoms. The standard InChI is InChI=1S/C14H18Cl2N4/c1-9(2)20-6-5-11(19-20)8-14(18-17)12-4-3-10(15)7-13(12)16/h3-7,9,14,18H,8,17H2,1-2H3. The maximum absolute atomic E-state index is 6.22. The number of nitrogens with two attached hydrogens (primary N) is 1. The van der Waals surface area contributed by atoms with Crippen molar-refractivity contribution in [3.63, 3.8) is 0 Å². The average Bonchev–Trinajstić information content (AvgIpc) is 2.85. The second kappa shape index (κ2) is 6.59. The van der Waals surface area contributed by atoms with Crippen LogP contribution in [-0.4, -0.2) is 9.78 Å². The third-order valence-electron chi connectivity index (χ3n) is 3.15. The fourth-order valence-corrected chi connectivity index (χ4v) is 2.57. The normalized spacial score (nSPS) is 12.9. The van der Waals surface area contributed by atoms with Crippen LogP contribution in [0.25, 0.3) is 0 Å². The van der Waals surface area contributed by atoms with Gasteiger partial charge in [-0.15, -0.1) is 0 Å². The summed E-state index contributed by atoms with van der Waals surface area (Å²) in [6.07, 6.45) is 2.63. The third-order valence-corrected chi connectivity index (χ3v) is 3.71. The fraction of sp³-hybridized carbons (Fsp3) is 0.357. The van der Waals surface area contributed by atoms with Crippen LogP contribution in [0.1, 0.15) is 37.2 Å². The van der Waals surface area contributed by atoms with E-state index in [0.717, 1.165) is 11.3 Å².